The first-order valence-corrected chi connectivity index (χ1v) is 11.2. The summed E-state index contributed by atoms with van der Waals surface area (Å²) < 4.78 is 5.23. The van der Waals surface area contributed by atoms with Gasteiger partial charge in [0.25, 0.3) is 0 Å². The van der Waals surface area contributed by atoms with Crippen LogP contribution in [0.3, 0.4) is 0 Å². The molecule has 0 saturated carbocycles. The number of rotatable bonds is 5. The zero-order valence-electron chi connectivity index (χ0n) is 16.8. The fourth-order valence-corrected chi connectivity index (χ4v) is 4.66. The Hall–Kier alpha value is -2.47. The van der Waals surface area contributed by atoms with E-state index in [1.54, 1.807) is 23.8 Å². The molecule has 2 aliphatic rings. The number of likely N-dealkylation sites (tertiary alicyclic amines) is 1. The van der Waals surface area contributed by atoms with E-state index < -0.39 is 0 Å². The molecule has 152 valence electrons. The lowest BCUT2D eigenvalue weighted by Crippen LogP contribution is -2.35. The Balaban J connectivity index is 1.39. The van der Waals surface area contributed by atoms with Crippen LogP contribution in [0.25, 0.3) is 0 Å². The Kier molecular flexibility index (Phi) is 5.81. The molecule has 2 atom stereocenters. The number of carbonyl (C=O) groups is 2. The minimum atomic E-state index is -0.252. The van der Waals surface area contributed by atoms with Crippen LogP contribution >= 0.6 is 11.8 Å². The van der Waals surface area contributed by atoms with Crippen LogP contribution in [0.1, 0.15) is 24.3 Å². The number of ether oxygens (including phenoxy) is 1. The van der Waals surface area contributed by atoms with E-state index in [2.05, 4.69) is 12.1 Å². The van der Waals surface area contributed by atoms with Gasteiger partial charge in [0.15, 0.2) is 0 Å². The van der Waals surface area contributed by atoms with Crippen LogP contribution in [0, 0.1) is 5.92 Å². The molecule has 2 aromatic rings. The molecule has 0 bridgehead atoms. The molecule has 2 aromatic carbocycles. The molecule has 6 heteroatoms. The summed E-state index contributed by atoms with van der Waals surface area (Å²) in [4.78, 5) is 30.5. The average Bonchev–Trinajstić information content (AvgIpc) is 3.41. The maximum Gasteiger partial charge on any atom is 0.228 e. The van der Waals surface area contributed by atoms with E-state index in [9.17, 15) is 9.59 Å². The molecular formula is C23H26N2O3S. The average molecular weight is 411 g/mol. The summed E-state index contributed by atoms with van der Waals surface area (Å²) in [6, 6.07) is 16.1. The number of carbonyl (C=O) groups excluding carboxylic acids is 2. The van der Waals surface area contributed by atoms with Gasteiger partial charge < -0.3 is 14.5 Å². The zero-order valence-corrected chi connectivity index (χ0v) is 17.7. The van der Waals surface area contributed by atoms with E-state index in [-0.39, 0.29) is 17.7 Å². The molecule has 5 nitrogen and oxygen atoms in total. The molecule has 0 spiro atoms. The molecular weight excluding hydrogens is 384 g/mol. The Bertz CT molecular complexity index is 882. The van der Waals surface area contributed by atoms with E-state index in [1.807, 2.05) is 47.6 Å². The zero-order chi connectivity index (χ0) is 20.4. The SMILES string of the molecule is COc1ccc(C2CCN(C(=O)C3CC(=O)N(c4ccc(SC)cc4)C3)C2)cc1. The summed E-state index contributed by atoms with van der Waals surface area (Å²) >= 11 is 1.67. The third-order valence-electron chi connectivity index (χ3n) is 5.95. The molecule has 4 rings (SSSR count). The first kappa shape index (κ1) is 19.8. The second kappa shape index (κ2) is 8.49. The van der Waals surface area contributed by atoms with E-state index in [1.165, 1.54) is 5.56 Å². The summed E-state index contributed by atoms with van der Waals surface area (Å²) in [6.45, 7) is 1.95. The van der Waals surface area contributed by atoms with Gasteiger partial charge in [0.1, 0.15) is 5.75 Å². The maximum absolute atomic E-state index is 13.1. The van der Waals surface area contributed by atoms with Gasteiger partial charge in [0.2, 0.25) is 11.8 Å². The van der Waals surface area contributed by atoms with Crippen molar-refractivity contribution in [2.75, 3.05) is 37.9 Å². The van der Waals surface area contributed by atoms with Crippen LogP contribution in [0.5, 0.6) is 5.75 Å². The van der Waals surface area contributed by atoms with Crippen LogP contribution in [0.2, 0.25) is 0 Å². The third-order valence-corrected chi connectivity index (χ3v) is 6.69. The number of nitrogens with zero attached hydrogens (tertiary/aromatic N) is 2. The molecule has 2 unspecified atom stereocenters. The van der Waals surface area contributed by atoms with E-state index in [0.717, 1.165) is 35.8 Å². The van der Waals surface area contributed by atoms with Crippen molar-refractivity contribution in [1.29, 1.82) is 0 Å². The lowest BCUT2D eigenvalue weighted by molar-refractivity contribution is -0.134. The predicted molar refractivity (Wildman–Crippen MR) is 116 cm³/mol. The first-order chi connectivity index (χ1) is 14.1. The van der Waals surface area contributed by atoms with Crippen LogP contribution in [-0.4, -0.2) is 49.7 Å². The summed E-state index contributed by atoms with van der Waals surface area (Å²) in [5.74, 6) is 1.08. The highest BCUT2D eigenvalue weighted by molar-refractivity contribution is 7.98. The fraction of sp³-hybridized carbons (Fsp3) is 0.391. The largest absolute Gasteiger partial charge is 0.497 e. The second-order valence-corrected chi connectivity index (χ2v) is 8.53. The van der Waals surface area contributed by atoms with Gasteiger partial charge >= 0.3 is 0 Å². The molecule has 2 saturated heterocycles. The van der Waals surface area contributed by atoms with Crippen molar-refractivity contribution in [3.63, 3.8) is 0 Å². The Morgan fingerprint density at radius 1 is 1.07 bits per heavy atom. The lowest BCUT2D eigenvalue weighted by atomic mass is 9.98. The Morgan fingerprint density at radius 2 is 1.79 bits per heavy atom. The molecule has 2 fully saturated rings. The summed E-state index contributed by atoms with van der Waals surface area (Å²) in [7, 11) is 1.66. The van der Waals surface area contributed by atoms with Crippen molar-refractivity contribution in [3.8, 4) is 5.75 Å². The first-order valence-electron chi connectivity index (χ1n) is 9.96. The van der Waals surface area contributed by atoms with Gasteiger partial charge in [-0.3, -0.25) is 9.59 Å². The summed E-state index contributed by atoms with van der Waals surface area (Å²) in [5.41, 5.74) is 2.11. The molecule has 0 radical (unpaired) electrons. The molecule has 2 aliphatic heterocycles. The van der Waals surface area contributed by atoms with Gasteiger partial charge in [-0.2, -0.15) is 0 Å². The molecule has 0 aliphatic carbocycles. The summed E-state index contributed by atoms with van der Waals surface area (Å²) in [6.07, 6.45) is 3.28. The number of anilines is 1. The Morgan fingerprint density at radius 3 is 2.45 bits per heavy atom. The third kappa shape index (κ3) is 4.13. The molecule has 0 N–H and O–H groups in total. The number of amides is 2. The van der Waals surface area contributed by atoms with Crippen molar-refractivity contribution in [2.45, 2.75) is 23.7 Å². The minimum Gasteiger partial charge on any atom is -0.497 e. The van der Waals surface area contributed by atoms with Crippen LogP contribution < -0.4 is 9.64 Å². The number of methoxy groups -OCH3 is 1. The topological polar surface area (TPSA) is 49.9 Å². The number of hydrogen-bond donors (Lipinski definition) is 0. The van der Waals surface area contributed by atoms with Gasteiger partial charge in [0.05, 0.1) is 13.0 Å². The maximum atomic E-state index is 13.1. The van der Waals surface area contributed by atoms with Crippen LogP contribution in [-0.2, 0) is 9.59 Å². The van der Waals surface area contributed by atoms with Gasteiger partial charge in [-0.25, -0.2) is 0 Å². The van der Waals surface area contributed by atoms with Crippen molar-refractivity contribution < 1.29 is 14.3 Å². The number of thioether (sulfide) groups is 1. The highest BCUT2D eigenvalue weighted by Crippen LogP contribution is 2.32. The minimum absolute atomic E-state index is 0.0335. The normalized spacial score (nSPS) is 21.7. The van der Waals surface area contributed by atoms with Crippen LogP contribution in [0.15, 0.2) is 53.4 Å². The quantitative estimate of drug-likeness (QED) is 0.704. The van der Waals surface area contributed by atoms with Crippen molar-refractivity contribution in [2.24, 2.45) is 5.92 Å². The van der Waals surface area contributed by atoms with Crippen molar-refractivity contribution in [1.82, 2.24) is 4.90 Å². The highest BCUT2D eigenvalue weighted by Gasteiger charge is 2.39. The second-order valence-electron chi connectivity index (χ2n) is 7.65. The van der Waals surface area contributed by atoms with Crippen molar-refractivity contribution >= 4 is 29.3 Å². The molecule has 29 heavy (non-hydrogen) atoms. The highest BCUT2D eigenvalue weighted by atomic mass is 32.2. The smallest absolute Gasteiger partial charge is 0.228 e. The predicted octanol–water partition coefficient (Wildman–Crippen LogP) is 3.79. The van der Waals surface area contributed by atoms with E-state index in [0.29, 0.717) is 18.9 Å². The standard InChI is InChI=1S/C23H26N2O3S/c1-28-20-7-3-16(4-8-20)17-11-12-24(14-17)23(27)18-13-22(26)25(15-18)19-5-9-21(29-2)10-6-19/h3-10,17-18H,11-15H2,1-2H3. The number of benzene rings is 2. The fourth-order valence-electron chi connectivity index (χ4n) is 4.25. The summed E-state index contributed by atoms with van der Waals surface area (Å²) in [5, 5.41) is 0. The van der Waals surface area contributed by atoms with Crippen LogP contribution in [0.4, 0.5) is 5.69 Å². The molecule has 2 amide bonds. The lowest BCUT2D eigenvalue weighted by Gasteiger charge is -2.21. The Labute approximate surface area is 176 Å². The molecule has 2 heterocycles. The van der Waals surface area contributed by atoms with E-state index in [4.69, 9.17) is 4.74 Å². The van der Waals surface area contributed by atoms with E-state index >= 15 is 0 Å². The van der Waals surface area contributed by atoms with Crippen molar-refractivity contribution in [3.05, 3.63) is 54.1 Å². The van der Waals surface area contributed by atoms with Gasteiger partial charge in [0, 0.05) is 42.6 Å². The monoisotopic (exact) mass is 410 g/mol. The van der Waals surface area contributed by atoms with Gasteiger partial charge in [-0.05, 0) is 54.6 Å². The number of hydrogen-bond acceptors (Lipinski definition) is 4. The van der Waals surface area contributed by atoms with Gasteiger partial charge in [-0.1, -0.05) is 12.1 Å². The van der Waals surface area contributed by atoms with Gasteiger partial charge in [-0.15, -0.1) is 11.8 Å². The molecule has 0 aromatic heterocycles.